The quantitative estimate of drug-likeness (QED) is 0.642. The van der Waals surface area contributed by atoms with E-state index >= 15 is 0 Å². The van der Waals surface area contributed by atoms with Crippen LogP contribution in [0.15, 0.2) is 12.4 Å². The maximum absolute atomic E-state index is 6.06. The Kier molecular flexibility index (Phi) is 3.64. The van der Waals surface area contributed by atoms with Crippen LogP contribution in [0.1, 0.15) is 46.6 Å². The van der Waals surface area contributed by atoms with E-state index in [1.807, 2.05) is 15.9 Å². The Balaban J connectivity index is 1.71. The van der Waals surface area contributed by atoms with Gasteiger partial charge in [-0.1, -0.05) is 0 Å². The van der Waals surface area contributed by atoms with E-state index in [4.69, 9.17) is 15.2 Å². The highest BCUT2D eigenvalue weighted by molar-refractivity contribution is 6.61. The summed E-state index contributed by atoms with van der Waals surface area (Å²) in [5, 5.41) is 6.37. The number of hydrogen-bond donors (Lipinski definition) is 1. The number of nitrogens with two attached hydrogens (primary N) is 1. The first kappa shape index (κ1) is 15.0. The minimum absolute atomic E-state index is 0.315. The van der Waals surface area contributed by atoms with Gasteiger partial charge in [-0.15, -0.1) is 0 Å². The molecule has 116 valence electrons. The molecule has 0 aliphatic carbocycles. The largest absolute Gasteiger partial charge is 0.498 e. The molecule has 0 bridgehead atoms. The normalized spacial score (nSPS) is 26.4. The highest BCUT2D eigenvalue weighted by Crippen LogP contribution is 2.36. The van der Waals surface area contributed by atoms with Crippen molar-refractivity contribution in [2.45, 2.75) is 57.8 Å². The minimum atomic E-state index is -0.335. The third-order valence-corrected chi connectivity index (χ3v) is 5.02. The van der Waals surface area contributed by atoms with E-state index in [0.29, 0.717) is 6.04 Å². The Morgan fingerprint density at radius 1 is 1.19 bits per heavy atom. The van der Waals surface area contributed by atoms with Gasteiger partial charge in [0.2, 0.25) is 0 Å². The standard InChI is InChI=1S/C14H25BN4O2/c1-13(2)14(3,4)21-15(20-13)11-9-17-19(10-11)12-5-7-18(16)8-6-12/h9-10,12H,5-8,16H2,1-4H3. The van der Waals surface area contributed by atoms with E-state index < -0.39 is 0 Å². The first-order chi connectivity index (χ1) is 9.78. The highest BCUT2D eigenvalue weighted by Gasteiger charge is 2.52. The molecule has 3 rings (SSSR count). The molecule has 6 nitrogen and oxygen atoms in total. The van der Waals surface area contributed by atoms with Gasteiger partial charge in [0.1, 0.15) is 0 Å². The first-order valence-electron chi connectivity index (χ1n) is 7.68. The summed E-state index contributed by atoms with van der Waals surface area (Å²) in [5.74, 6) is 5.80. The van der Waals surface area contributed by atoms with Crippen molar-refractivity contribution in [3.8, 4) is 0 Å². The van der Waals surface area contributed by atoms with Crippen LogP contribution in [0.3, 0.4) is 0 Å². The van der Waals surface area contributed by atoms with Gasteiger partial charge in [-0.05, 0) is 40.5 Å². The fourth-order valence-electron chi connectivity index (χ4n) is 2.80. The molecule has 7 heteroatoms. The average molecular weight is 292 g/mol. The summed E-state index contributed by atoms with van der Waals surface area (Å²) in [7, 11) is -0.335. The molecule has 0 amide bonds. The number of hydrogen-bond acceptors (Lipinski definition) is 5. The lowest BCUT2D eigenvalue weighted by atomic mass is 9.82. The fourth-order valence-corrected chi connectivity index (χ4v) is 2.80. The van der Waals surface area contributed by atoms with E-state index in [1.165, 1.54) is 0 Å². The van der Waals surface area contributed by atoms with Crippen LogP contribution in [0.2, 0.25) is 0 Å². The lowest BCUT2D eigenvalue weighted by Crippen LogP contribution is -2.41. The van der Waals surface area contributed by atoms with E-state index in [-0.39, 0.29) is 18.3 Å². The molecule has 21 heavy (non-hydrogen) atoms. The second-order valence-corrected chi connectivity index (χ2v) is 7.11. The first-order valence-corrected chi connectivity index (χ1v) is 7.68. The average Bonchev–Trinajstić information content (AvgIpc) is 2.94. The number of rotatable bonds is 2. The molecule has 1 aromatic rings. The zero-order chi connectivity index (χ0) is 15.3. The molecule has 2 aliphatic rings. The Labute approximate surface area is 126 Å². The summed E-state index contributed by atoms with van der Waals surface area (Å²) >= 11 is 0. The van der Waals surface area contributed by atoms with E-state index in [9.17, 15) is 0 Å². The highest BCUT2D eigenvalue weighted by atomic mass is 16.7. The van der Waals surface area contributed by atoms with Crippen LogP contribution >= 0.6 is 0 Å². The number of aromatic nitrogens is 2. The van der Waals surface area contributed by atoms with Crippen LogP contribution in [-0.2, 0) is 9.31 Å². The molecule has 2 fully saturated rings. The van der Waals surface area contributed by atoms with Crippen LogP contribution in [-0.4, -0.2) is 46.2 Å². The Bertz CT molecular complexity index is 493. The molecule has 0 aromatic carbocycles. The molecule has 2 aliphatic heterocycles. The maximum Gasteiger partial charge on any atom is 0.498 e. The SMILES string of the molecule is CC1(C)OB(c2cnn(C3CCN(N)CC3)c2)OC1(C)C. The van der Waals surface area contributed by atoms with Crippen molar-refractivity contribution in [2.75, 3.05) is 13.1 Å². The van der Waals surface area contributed by atoms with Crippen LogP contribution in [0.5, 0.6) is 0 Å². The summed E-state index contributed by atoms with van der Waals surface area (Å²) in [6.45, 7) is 10.1. The Morgan fingerprint density at radius 2 is 1.76 bits per heavy atom. The summed E-state index contributed by atoms with van der Waals surface area (Å²) < 4.78 is 14.2. The van der Waals surface area contributed by atoms with Gasteiger partial charge in [-0.3, -0.25) is 10.5 Å². The van der Waals surface area contributed by atoms with Crippen molar-refractivity contribution in [3.05, 3.63) is 12.4 Å². The van der Waals surface area contributed by atoms with Gasteiger partial charge in [0.15, 0.2) is 0 Å². The predicted octanol–water partition coefficient (Wildman–Crippen LogP) is 0.693. The smallest absolute Gasteiger partial charge is 0.399 e. The second kappa shape index (κ2) is 5.09. The molecule has 0 unspecified atom stereocenters. The van der Waals surface area contributed by atoms with Crippen LogP contribution in [0, 0.1) is 0 Å². The zero-order valence-electron chi connectivity index (χ0n) is 13.4. The Morgan fingerprint density at radius 3 is 2.33 bits per heavy atom. The number of nitrogens with zero attached hydrogens (tertiary/aromatic N) is 3. The van der Waals surface area contributed by atoms with Crippen LogP contribution < -0.4 is 11.3 Å². The van der Waals surface area contributed by atoms with Gasteiger partial charge in [-0.25, -0.2) is 5.01 Å². The molecular weight excluding hydrogens is 267 g/mol. The fraction of sp³-hybridized carbons (Fsp3) is 0.786. The van der Waals surface area contributed by atoms with Gasteiger partial charge < -0.3 is 9.31 Å². The van der Waals surface area contributed by atoms with Gasteiger partial charge in [0.25, 0.3) is 0 Å². The van der Waals surface area contributed by atoms with Gasteiger partial charge >= 0.3 is 7.12 Å². The molecule has 0 radical (unpaired) electrons. The predicted molar refractivity (Wildman–Crippen MR) is 82.0 cm³/mol. The molecule has 3 heterocycles. The number of piperidine rings is 1. The summed E-state index contributed by atoms with van der Waals surface area (Å²) in [6, 6.07) is 0.418. The van der Waals surface area contributed by atoms with Crippen molar-refractivity contribution in [1.82, 2.24) is 14.8 Å². The van der Waals surface area contributed by atoms with Crippen molar-refractivity contribution in [3.63, 3.8) is 0 Å². The van der Waals surface area contributed by atoms with Crippen molar-refractivity contribution in [1.29, 1.82) is 0 Å². The van der Waals surface area contributed by atoms with E-state index in [1.54, 1.807) is 0 Å². The molecule has 2 saturated heterocycles. The summed E-state index contributed by atoms with van der Waals surface area (Å²) in [5.41, 5.74) is 0.360. The van der Waals surface area contributed by atoms with Crippen molar-refractivity contribution >= 4 is 12.6 Å². The lowest BCUT2D eigenvalue weighted by molar-refractivity contribution is 0.00578. The topological polar surface area (TPSA) is 65.5 Å². The van der Waals surface area contributed by atoms with Crippen molar-refractivity contribution in [2.24, 2.45) is 5.84 Å². The molecule has 1 aromatic heterocycles. The second-order valence-electron chi connectivity index (χ2n) is 7.11. The van der Waals surface area contributed by atoms with Crippen molar-refractivity contribution < 1.29 is 9.31 Å². The van der Waals surface area contributed by atoms with E-state index in [0.717, 1.165) is 31.4 Å². The molecule has 0 atom stereocenters. The summed E-state index contributed by atoms with van der Waals surface area (Å²) in [4.78, 5) is 0. The third-order valence-electron chi connectivity index (χ3n) is 5.02. The van der Waals surface area contributed by atoms with Gasteiger partial charge in [-0.2, -0.15) is 5.10 Å². The summed E-state index contributed by atoms with van der Waals surface area (Å²) in [6.07, 6.45) is 5.97. The van der Waals surface area contributed by atoms with Gasteiger partial charge in [0.05, 0.1) is 17.2 Å². The Hall–Kier alpha value is -0.885. The molecule has 2 N–H and O–H groups in total. The lowest BCUT2D eigenvalue weighted by Gasteiger charge is -2.32. The monoisotopic (exact) mass is 292 g/mol. The van der Waals surface area contributed by atoms with Crippen LogP contribution in [0.25, 0.3) is 0 Å². The van der Waals surface area contributed by atoms with Gasteiger partial charge in [0, 0.05) is 30.9 Å². The number of hydrazine groups is 1. The molecule has 0 saturated carbocycles. The zero-order valence-corrected chi connectivity index (χ0v) is 13.4. The minimum Gasteiger partial charge on any atom is -0.399 e. The molecule has 0 spiro atoms. The molecular formula is C14H25BN4O2. The van der Waals surface area contributed by atoms with E-state index in [2.05, 4.69) is 39.0 Å². The maximum atomic E-state index is 6.06. The third kappa shape index (κ3) is 2.75. The van der Waals surface area contributed by atoms with Crippen LogP contribution in [0.4, 0.5) is 0 Å².